The second kappa shape index (κ2) is 10.4. The average Bonchev–Trinajstić information content (AvgIpc) is 3.63. The van der Waals surface area contributed by atoms with Gasteiger partial charge in [-0.25, -0.2) is 0 Å². The monoisotopic (exact) mass is 609 g/mol. The predicted octanol–water partition coefficient (Wildman–Crippen LogP) is 12.3. The summed E-state index contributed by atoms with van der Waals surface area (Å²) in [6.45, 7) is 0. The molecule has 0 aromatic heterocycles. The number of hydrogen-bond acceptors (Lipinski definition) is 1. The van der Waals surface area contributed by atoms with Crippen molar-refractivity contribution >= 4 is 27.8 Å². The number of nitrogens with zero attached hydrogens (tertiary/aromatic N) is 1. The van der Waals surface area contributed by atoms with Crippen LogP contribution in [0.15, 0.2) is 188 Å². The van der Waals surface area contributed by atoms with Gasteiger partial charge in [-0.05, 0) is 103 Å². The molecule has 1 heteroatoms. The summed E-state index contributed by atoms with van der Waals surface area (Å²) in [6, 6.07) is 69.1. The first kappa shape index (κ1) is 27.0. The van der Waals surface area contributed by atoms with Gasteiger partial charge in [0.15, 0.2) is 0 Å². The van der Waals surface area contributed by atoms with E-state index >= 15 is 0 Å². The first-order valence-electron chi connectivity index (χ1n) is 16.7. The minimum absolute atomic E-state index is 0.338. The molecule has 0 aliphatic heterocycles. The smallest absolute Gasteiger partial charge is 0.0725 e. The molecule has 0 heterocycles. The SMILES string of the molecule is c1ccc(N(c2ccc(-c3cccc4ccccc34)cc2)c2ccc3c(c2)-c2ccccc2C32c3ccccc3-c3ccccc32)cc1. The minimum Gasteiger partial charge on any atom is -0.310 e. The van der Waals surface area contributed by atoms with Crippen molar-refractivity contribution in [2.75, 3.05) is 4.90 Å². The van der Waals surface area contributed by atoms with Crippen molar-refractivity contribution in [3.8, 4) is 33.4 Å². The van der Waals surface area contributed by atoms with Crippen LogP contribution in [0, 0.1) is 0 Å². The summed E-state index contributed by atoms with van der Waals surface area (Å²) in [6.07, 6.45) is 0. The molecule has 0 N–H and O–H groups in total. The van der Waals surface area contributed by atoms with Gasteiger partial charge in [-0.3, -0.25) is 0 Å². The lowest BCUT2D eigenvalue weighted by Gasteiger charge is -2.31. The zero-order valence-electron chi connectivity index (χ0n) is 26.3. The van der Waals surface area contributed by atoms with Crippen LogP contribution in [0.25, 0.3) is 44.2 Å². The standard InChI is InChI=1S/C47H31N/c1-2-15-34(16-3-1)48(35-27-25-33(26-28-35)38-21-12-14-32-13-4-5-17-37(32)38)36-29-30-46-42(31-36)41-20-8-11-24-45(41)47(46)43-22-9-6-18-39(43)40-19-7-10-23-44(40)47/h1-31H. The molecule has 1 nitrogen and oxygen atoms in total. The first-order chi connectivity index (χ1) is 23.8. The van der Waals surface area contributed by atoms with Crippen molar-refractivity contribution in [2.24, 2.45) is 0 Å². The maximum Gasteiger partial charge on any atom is 0.0725 e. The van der Waals surface area contributed by atoms with E-state index in [1.54, 1.807) is 0 Å². The Balaban J connectivity index is 1.16. The van der Waals surface area contributed by atoms with Crippen LogP contribution in [0.2, 0.25) is 0 Å². The fourth-order valence-corrected chi connectivity index (χ4v) is 8.52. The number of anilines is 3. The molecule has 0 bridgehead atoms. The van der Waals surface area contributed by atoms with Crippen molar-refractivity contribution in [1.82, 2.24) is 0 Å². The summed E-state index contributed by atoms with van der Waals surface area (Å²) in [5, 5.41) is 2.53. The van der Waals surface area contributed by atoms with E-state index in [0.717, 1.165) is 17.1 Å². The summed E-state index contributed by atoms with van der Waals surface area (Å²) in [5.41, 5.74) is 16.2. The second-order valence-electron chi connectivity index (χ2n) is 12.9. The molecule has 1 spiro atoms. The van der Waals surface area contributed by atoms with Crippen LogP contribution >= 0.6 is 0 Å². The summed E-state index contributed by atoms with van der Waals surface area (Å²) in [7, 11) is 0. The largest absolute Gasteiger partial charge is 0.310 e. The molecule has 10 rings (SSSR count). The average molecular weight is 610 g/mol. The summed E-state index contributed by atoms with van der Waals surface area (Å²) >= 11 is 0. The van der Waals surface area contributed by atoms with Crippen molar-refractivity contribution in [3.05, 3.63) is 210 Å². The Kier molecular flexibility index (Phi) is 5.86. The lowest BCUT2D eigenvalue weighted by atomic mass is 9.70. The molecule has 2 aliphatic rings. The Hall–Kier alpha value is -6.18. The molecule has 2 aliphatic carbocycles. The van der Waals surface area contributed by atoms with Gasteiger partial charge in [0.05, 0.1) is 5.41 Å². The topological polar surface area (TPSA) is 3.24 Å². The summed E-state index contributed by atoms with van der Waals surface area (Å²) in [5.74, 6) is 0. The van der Waals surface area contributed by atoms with E-state index in [9.17, 15) is 0 Å². The molecule has 0 saturated carbocycles. The Bertz CT molecular complexity index is 2460. The minimum atomic E-state index is -0.338. The third-order valence-corrected chi connectivity index (χ3v) is 10.5. The zero-order chi connectivity index (χ0) is 31.7. The summed E-state index contributed by atoms with van der Waals surface area (Å²) in [4.78, 5) is 2.39. The van der Waals surface area contributed by atoms with E-state index in [1.807, 2.05) is 0 Å². The highest BCUT2D eigenvalue weighted by Crippen LogP contribution is 2.63. The van der Waals surface area contributed by atoms with Crippen molar-refractivity contribution in [3.63, 3.8) is 0 Å². The summed E-state index contributed by atoms with van der Waals surface area (Å²) < 4.78 is 0. The molecular formula is C47H31N. The Morgan fingerprint density at radius 1 is 0.312 bits per heavy atom. The Morgan fingerprint density at radius 3 is 1.48 bits per heavy atom. The third-order valence-electron chi connectivity index (χ3n) is 10.5. The van der Waals surface area contributed by atoms with E-state index < -0.39 is 0 Å². The molecule has 0 atom stereocenters. The van der Waals surface area contributed by atoms with Gasteiger partial charge < -0.3 is 4.90 Å². The van der Waals surface area contributed by atoms with Crippen LogP contribution in [0.1, 0.15) is 22.3 Å². The van der Waals surface area contributed by atoms with Crippen LogP contribution in [0.3, 0.4) is 0 Å². The van der Waals surface area contributed by atoms with E-state index in [2.05, 4.69) is 193 Å². The number of fused-ring (bicyclic) bond motifs is 11. The van der Waals surface area contributed by atoms with Crippen molar-refractivity contribution < 1.29 is 0 Å². The fourth-order valence-electron chi connectivity index (χ4n) is 8.52. The van der Waals surface area contributed by atoms with Crippen LogP contribution in [0.4, 0.5) is 17.1 Å². The van der Waals surface area contributed by atoms with Gasteiger partial charge in [0.25, 0.3) is 0 Å². The number of rotatable bonds is 4. The highest BCUT2D eigenvalue weighted by Gasteiger charge is 2.51. The van der Waals surface area contributed by atoms with E-state index in [4.69, 9.17) is 0 Å². The maximum atomic E-state index is 2.41. The van der Waals surface area contributed by atoms with Crippen LogP contribution in [-0.2, 0) is 5.41 Å². The van der Waals surface area contributed by atoms with Gasteiger partial charge >= 0.3 is 0 Å². The number of para-hydroxylation sites is 1. The van der Waals surface area contributed by atoms with Crippen molar-refractivity contribution in [2.45, 2.75) is 5.41 Å². The molecule has 224 valence electrons. The Morgan fingerprint density at radius 2 is 0.792 bits per heavy atom. The van der Waals surface area contributed by atoms with Crippen molar-refractivity contribution in [1.29, 1.82) is 0 Å². The van der Waals surface area contributed by atoms with Gasteiger partial charge in [-0.15, -0.1) is 0 Å². The van der Waals surface area contributed by atoms with Gasteiger partial charge in [-0.2, -0.15) is 0 Å². The first-order valence-corrected chi connectivity index (χ1v) is 16.7. The number of hydrogen-bond donors (Lipinski definition) is 0. The zero-order valence-corrected chi connectivity index (χ0v) is 26.3. The molecule has 8 aromatic carbocycles. The van der Waals surface area contributed by atoms with Crippen LogP contribution in [-0.4, -0.2) is 0 Å². The fraction of sp³-hybridized carbons (Fsp3) is 0.0213. The molecule has 0 fully saturated rings. The Labute approximate surface area is 281 Å². The van der Waals surface area contributed by atoms with Gasteiger partial charge in [0.2, 0.25) is 0 Å². The number of benzene rings is 8. The molecule has 8 aromatic rings. The van der Waals surface area contributed by atoms with E-state index in [-0.39, 0.29) is 5.41 Å². The molecule has 0 amide bonds. The van der Waals surface area contributed by atoms with Crippen LogP contribution in [0.5, 0.6) is 0 Å². The van der Waals surface area contributed by atoms with Gasteiger partial charge in [-0.1, -0.05) is 152 Å². The molecular weight excluding hydrogens is 579 g/mol. The van der Waals surface area contributed by atoms with Gasteiger partial charge in [0, 0.05) is 17.1 Å². The van der Waals surface area contributed by atoms with Crippen LogP contribution < -0.4 is 4.90 Å². The highest BCUT2D eigenvalue weighted by atomic mass is 15.1. The lowest BCUT2D eigenvalue weighted by Crippen LogP contribution is -2.25. The second-order valence-corrected chi connectivity index (χ2v) is 12.9. The van der Waals surface area contributed by atoms with Gasteiger partial charge in [0.1, 0.15) is 0 Å². The quantitative estimate of drug-likeness (QED) is 0.192. The normalized spacial score (nSPS) is 13.2. The molecule has 48 heavy (non-hydrogen) atoms. The molecule has 0 saturated heterocycles. The van der Waals surface area contributed by atoms with E-state index in [1.165, 1.54) is 66.4 Å². The lowest BCUT2D eigenvalue weighted by molar-refractivity contribution is 0.794. The molecule has 0 unspecified atom stereocenters. The third kappa shape index (κ3) is 3.73. The molecule has 0 radical (unpaired) electrons. The maximum absolute atomic E-state index is 2.41. The van der Waals surface area contributed by atoms with E-state index in [0.29, 0.717) is 0 Å². The highest BCUT2D eigenvalue weighted by molar-refractivity contribution is 5.98. The predicted molar refractivity (Wildman–Crippen MR) is 200 cm³/mol.